The molecule has 128 valence electrons. The fraction of sp³-hybridized carbons (Fsp3) is 0.250. The summed E-state index contributed by atoms with van der Waals surface area (Å²) in [5.74, 6) is 0.640. The summed E-state index contributed by atoms with van der Waals surface area (Å²) in [4.78, 5) is 29.1. The highest BCUT2D eigenvalue weighted by atomic mass is 16.1. The van der Waals surface area contributed by atoms with Crippen LogP contribution in [0.1, 0.15) is 33.1 Å². The molecule has 0 unspecified atom stereocenters. The zero-order valence-corrected chi connectivity index (χ0v) is 14.7. The van der Waals surface area contributed by atoms with Crippen LogP contribution in [0.4, 0.5) is 0 Å². The van der Waals surface area contributed by atoms with Crippen LogP contribution in [0.5, 0.6) is 0 Å². The molecule has 5 heteroatoms. The Morgan fingerprint density at radius 1 is 1.04 bits per heavy atom. The standard InChI is InChI=1S/C20H21N3O2/c1-14-9-10-19(25)22(11-14)13-18(24)20-15(2)23(16(3)21-20)12-17-7-5-4-6-8-17/h4-11H,12-13H2,1-3H3. The molecule has 0 saturated carbocycles. The molecular formula is C20H21N3O2. The number of aryl methyl sites for hydroxylation is 2. The van der Waals surface area contributed by atoms with Crippen LogP contribution in [0.15, 0.2) is 53.5 Å². The highest BCUT2D eigenvalue weighted by Crippen LogP contribution is 2.15. The van der Waals surface area contributed by atoms with Gasteiger partial charge in [-0.1, -0.05) is 36.4 Å². The number of carbonyl (C=O) groups is 1. The lowest BCUT2D eigenvalue weighted by Crippen LogP contribution is -2.24. The van der Waals surface area contributed by atoms with Crippen LogP contribution in [0, 0.1) is 20.8 Å². The monoisotopic (exact) mass is 335 g/mol. The lowest BCUT2D eigenvalue weighted by Gasteiger charge is -2.08. The average Bonchev–Trinajstić information content (AvgIpc) is 2.87. The van der Waals surface area contributed by atoms with Crippen molar-refractivity contribution in [3.05, 3.63) is 87.4 Å². The molecular weight excluding hydrogens is 314 g/mol. The Morgan fingerprint density at radius 2 is 1.76 bits per heavy atom. The highest BCUT2D eigenvalue weighted by Gasteiger charge is 2.18. The molecule has 2 aromatic heterocycles. The van der Waals surface area contributed by atoms with E-state index in [9.17, 15) is 9.59 Å². The molecule has 0 bridgehead atoms. The number of ketones is 1. The van der Waals surface area contributed by atoms with Gasteiger partial charge in [0.2, 0.25) is 5.78 Å². The predicted octanol–water partition coefficient (Wildman–Crippen LogP) is 2.90. The molecule has 3 rings (SSSR count). The van der Waals surface area contributed by atoms with E-state index in [2.05, 4.69) is 4.98 Å². The number of Topliss-reactive ketones (excluding diaryl/α,β-unsaturated/α-hetero) is 1. The van der Waals surface area contributed by atoms with E-state index >= 15 is 0 Å². The van der Waals surface area contributed by atoms with Crippen LogP contribution in [-0.4, -0.2) is 19.9 Å². The highest BCUT2D eigenvalue weighted by molar-refractivity contribution is 5.95. The van der Waals surface area contributed by atoms with Gasteiger partial charge in [-0.3, -0.25) is 9.59 Å². The first-order chi connectivity index (χ1) is 12.0. The van der Waals surface area contributed by atoms with Crippen molar-refractivity contribution in [1.82, 2.24) is 14.1 Å². The Morgan fingerprint density at radius 3 is 2.48 bits per heavy atom. The summed E-state index contributed by atoms with van der Waals surface area (Å²) in [6.07, 6.45) is 1.70. The average molecular weight is 335 g/mol. The summed E-state index contributed by atoms with van der Waals surface area (Å²) >= 11 is 0. The van der Waals surface area contributed by atoms with Gasteiger partial charge in [-0.05, 0) is 31.9 Å². The fourth-order valence-electron chi connectivity index (χ4n) is 2.94. The number of hydrogen-bond acceptors (Lipinski definition) is 3. The zero-order valence-electron chi connectivity index (χ0n) is 14.7. The van der Waals surface area contributed by atoms with Crippen molar-refractivity contribution in [1.29, 1.82) is 0 Å². The van der Waals surface area contributed by atoms with Crippen molar-refractivity contribution >= 4 is 5.78 Å². The molecule has 0 radical (unpaired) electrons. The van der Waals surface area contributed by atoms with Crippen LogP contribution in [0.2, 0.25) is 0 Å². The van der Waals surface area contributed by atoms with Crippen molar-refractivity contribution in [3.63, 3.8) is 0 Å². The summed E-state index contributed by atoms with van der Waals surface area (Å²) in [6, 6.07) is 13.3. The molecule has 0 N–H and O–H groups in total. The summed E-state index contributed by atoms with van der Waals surface area (Å²) in [5.41, 5.74) is 3.17. The minimum absolute atomic E-state index is 0.00312. The molecule has 5 nitrogen and oxygen atoms in total. The minimum Gasteiger partial charge on any atom is -0.327 e. The maximum absolute atomic E-state index is 12.7. The van der Waals surface area contributed by atoms with Crippen molar-refractivity contribution in [3.8, 4) is 0 Å². The van der Waals surface area contributed by atoms with Crippen LogP contribution in [0.25, 0.3) is 0 Å². The van der Waals surface area contributed by atoms with E-state index in [1.54, 1.807) is 12.3 Å². The Hall–Kier alpha value is -2.95. The Balaban J connectivity index is 1.88. The largest absolute Gasteiger partial charge is 0.327 e. The van der Waals surface area contributed by atoms with Gasteiger partial charge in [0, 0.05) is 24.5 Å². The van der Waals surface area contributed by atoms with Gasteiger partial charge in [0.1, 0.15) is 11.5 Å². The smallest absolute Gasteiger partial charge is 0.250 e. The van der Waals surface area contributed by atoms with E-state index in [-0.39, 0.29) is 17.9 Å². The third-order valence-electron chi connectivity index (χ3n) is 4.30. The second-order valence-corrected chi connectivity index (χ2v) is 6.26. The number of nitrogens with zero attached hydrogens (tertiary/aromatic N) is 3. The normalized spacial score (nSPS) is 10.8. The van der Waals surface area contributed by atoms with Crippen LogP contribution in [-0.2, 0) is 13.1 Å². The molecule has 0 spiro atoms. The first-order valence-electron chi connectivity index (χ1n) is 8.23. The Bertz CT molecular complexity index is 968. The number of pyridine rings is 1. The quantitative estimate of drug-likeness (QED) is 0.674. The van der Waals surface area contributed by atoms with E-state index in [1.165, 1.54) is 10.6 Å². The SMILES string of the molecule is Cc1ccc(=O)n(CC(=O)c2nc(C)n(Cc3ccccc3)c2C)c1. The van der Waals surface area contributed by atoms with Gasteiger partial charge >= 0.3 is 0 Å². The zero-order chi connectivity index (χ0) is 18.0. The molecule has 25 heavy (non-hydrogen) atoms. The summed E-state index contributed by atoms with van der Waals surface area (Å²) < 4.78 is 3.46. The third kappa shape index (κ3) is 3.60. The number of benzene rings is 1. The topological polar surface area (TPSA) is 56.9 Å². The van der Waals surface area contributed by atoms with Crippen molar-refractivity contribution in [2.24, 2.45) is 0 Å². The molecule has 3 aromatic rings. The molecule has 0 aliphatic heterocycles. The molecule has 2 heterocycles. The number of hydrogen-bond donors (Lipinski definition) is 0. The van der Waals surface area contributed by atoms with Crippen LogP contribution >= 0.6 is 0 Å². The van der Waals surface area contributed by atoms with Crippen LogP contribution in [0.3, 0.4) is 0 Å². The van der Waals surface area contributed by atoms with E-state index < -0.39 is 0 Å². The predicted molar refractivity (Wildman–Crippen MR) is 97.0 cm³/mol. The third-order valence-corrected chi connectivity index (χ3v) is 4.30. The van der Waals surface area contributed by atoms with Crippen molar-refractivity contribution in [2.75, 3.05) is 0 Å². The van der Waals surface area contributed by atoms with Crippen LogP contribution < -0.4 is 5.56 Å². The molecule has 0 amide bonds. The summed E-state index contributed by atoms with van der Waals surface area (Å²) in [7, 11) is 0. The molecule has 0 atom stereocenters. The Kier molecular flexibility index (Phi) is 4.65. The fourth-order valence-corrected chi connectivity index (χ4v) is 2.94. The van der Waals surface area contributed by atoms with E-state index in [4.69, 9.17) is 0 Å². The molecule has 0 saturated heterocycles. The maximum atomic E-state index is 12.7. The second kappa shape index (κ2) is 6.89. The first kappa shape index (κ1) is 16.9. The minimum atomic E-state index is -0.183. The van der Waals surface area contributed by atoms with Gasteiger partial charge in [0.15, 0.2) is 0 Å². The molecule has 0 aliphatic rings. The lowest BCUT2D eigenvalue weighted by atomic mass is 10.2. The van der Waals surface area contributed by atoms with Gasteiger partial charge in [-0.2, -0.15) is 0 Å². The van der Waals surface area contributed by atoms with Gasteiger partial charge in [0.25, 0.3) is 5.56 Å². The van der Waals surface area contributed by atoms with Gasteiger partial charge < -0.3 is 9.13 Å². The lowest BCUT2D eigenvalue weighted by molar-refractivity contribution is 0.0965. The number of imidazole rings is 1. The van der Waals surface area contributed by atoms with E-state index in [0.29, 0.717) is 12.2 Å². The van der Waals surface area contributed by atoms with E-state index in [1.807, 2.05) is 55.7 Å². The van der Waals surface area contributed by atoms with Gasteiger partial charge in [-0.15, -0.1) is 0 Å². The van der Waals surface area contributed by atoms with Crippen molar-refractivity contribution < 1.29 is 4.79 Å². The molecule has 0 fully saturated rings. The molecule has 1 aromatic carbocycles. The second-order valence-electron chi connectivity index (χ2n) is 6.26. The molecule has 0 aliphatic carbocycles. The number of carbonyl (C=O) groups excluding carboxylic acids is 1. The number of aromatic nitrogens is 3. The Labute approximate surface area is 146 Å². The van der Waals surface area contributed by atoms with Gasteiger partial charge in [-0.25, -0.2) is 4.98 Å². The summed E-state index contributed by atoms with van der Waals surface area (Å²) in [6.45, 7) is 6.36. The van der Waals surface area contributed by atoms with Gasteiger partial charge in [0.05, 0.1) is 6.54 Å². The maximum Gasteiger partial charge on any atom is 0.250 e. The van der Waals surface area contributed by atoms with E-state index in [0.717, 1.165) is 22.6 Å². The summed E-state index contributed by atoms with van der Waals surface area (Å²) in [5, 5.41) is 0. The van der Waals surface area contributed by atoms with Crippen molar-refractivity contribution in [2.45, 2.75) is 33.9 Å². The number of rotatable bonds is 5. The first-order valence-corrected chi connectivity index (χ1v) is 8.23.